The van der Waals surface area contributed by atoms with Crippen LogP contribution in [0.15, 0.2) is 24.3 Å². The van der Waals surface area contributed by atoms with Gasteiger partial charge in [0.1, 0.15) is 11.2 Å². The molecule has 0 saturated carbocycles. The molecule has 0 spiro atoms. The minimum atomic E-state index is -0.968. The number of aryl methyl sites for hydroxylation is 1. The molecular weight excluding hydrogens is 254 g/mol. The van der Waals surface area contributed by atoms with E-state index >= 15 is 0 Å². The van der Waals surface area contributed by atoms with Gasteiger partial charge in [-0.3, -0.25) is 0 Å². The van der Waals surface area contributed by atoms with Crippen LogP contribution < -0.4 is 0 Å². The van der Waals surface area contributed by atoms with Crippen LogP contribution in [0.1, 0.15) is 38.3 Å². The number of hydrogen-bond acceptors (Lipinski definition) is 3. The van der Waals surface area contributed by atoms with Gasteiger partial charge < -0.3 is 14.7 Å². The van der Waals surface area contributed by atoms with E-state index in [1.54, 1.807) is 4.90 Å². The van der Waals surface area contributed by atoms with Gasteiger partial charge >= 0.3 is 6.09 Å². The number of aliphatic hydroxyl groups is 1. The van der Waals surface area contributed by atoms with Gasteiger partial charge in [0, 0.05) is 6.54 Å². The van der Waals surface area contributed by atoms with E-state index in [9.17, 15) is 9.90 Å². The van der Waals surface area contributed by atoms with Gasteiger partial charge in [-0.25, -0.2) is 4.79 Å². The monoisotopic (exact) mass is 277 g/mol. The van der Waals surface area contributed by atoms with Gasteiger partial charge in [0.15, 0.2) is 0 Å². The summed E-state index contributed by atoms with van der Waals surface area (Å²) >= 11 is 0. The fraction of sp³-hybridized carbons (Fsp3) is 0.562. The highest BCUT2D eigenvalue weighted by Crippen LogP contribution is 2.32. The zero-order valence-electron chi connectivity index (χ0n) is 12.6. The molecule has 0 aromatic heterocycles. The lowest BCUT2D eigenvalue weighted by Crippen LogP contribution is -2.38. The maximum atomic E-state index is 12.0. The zero-order valence-corrected chi connectivity index (χ0v) is 12.6. The molecule has 1 N–H and O–H groups in total. The molecular formula is C16H23NO3. The molecule has 1 unspecified atom stereocenters. The second-order valence-corrected chi connectivity index (χ2v) is 6.55. The third-order valence-electron chi connectivity index (χ3n) is 3.49. The molecule has 1 saturated heterocycles. The first-order valence-corrected chi connectivity index (χ1v) is 6.97. The summed E-state index contributed by atoms with van der Waals surface area (Å²) in [7, 11) is 0. The molecule has 0 bridgehead atoms. The number of amides is 1. The van der Waals surface area contributed by atoms with Crippen molar-refractivity contribution in [3.8, 4) is 0 Å². The molecule has 2 rings (SSSR count). The summed E-state index contributed by atoms with van der Waals surface area (Å²) in [5.74, 6) is 0. The SMILES string of the molecule is Cc1ccc(C2(O)CCN(C(=O)OC(C)(C)C)C2)cc1. The van der Waals surface area contributed by atoms with Crippen LogP contribution in [0, 0.1) is 6.92 Å². The Morgan fingerprint density at radius 1 is 1.30 bits per heavy atom. The summed E-state index contributed by atoms with van der Waals surface area (Å²) in [4.78, 5) is 13.6. The Balaban J connectivity index is 2.07. The average molecular weight is 277 g/mol. The molecule has 0 radical (unpaired) electrons. The second-order valence-electron chi connectivity index (χ2n) is 6.55. The molecule has 20 heavy (non-hydrogen) atoms. The van der Waals surface area contributed by atoms with Crippen LogP contribution in [0.2, 0.25) is 0 Å². The standard InChI is InChI=1S/C16H23NO3/c1-12-5-7-13(8-6-12)16(19)9-10-17(11-16)14(18)20-15(2,3)4/h5-8,19H,9-11H2,1-4H3. The Labute approximate surface area is 120 Å². The number of hydrogen-bond donors (Lipinski definition) is 1. The van der Waals surface area contributed by atoms with E-state index in [-0.39, 0.29) is 12.6 Å². The molecule has 110 valence electrons. The largest absolute Gasteiger partial charge is 0.444 e. The van der Waals surface area contributed by atoms with Crippen molar-refractivity contribution in [2.24, 2.45) is 0 Å². The Hall–Kier alpha value is -1.55. The molecule has 1 aromatic carbocycles. The molecule has 1 aliphatic rings. The van der Waals surface area contributed by atoms with Crippen molar-refractivity contribution in [2.45, 2.75) is 45.3 Å². The quantitative estimate of drug-likeness (QED) is 0.858. The lowest BCUT2D eigenvalue weighted by atomic mass is 9.92. The Bertz CT molecular complexity index is 489. The van der Waals surface area contributed by atoms with Gasteiger partial charge in [-0.2, -0.15) is 0 Å². The number of nitrogens with zero attached hydrogens (tertiary/aromatic N) is 1. The number of benzene rings is 1. The molecule has 1 aliphatic heterocycles. The van der Waals surface area contributed by atoms with E-state index in [4.69, 9.17) is 4.74 Å². The van der Waals surface area contributed by atoms with Crippen molar-refractivity contribution in [1.29, 1.82) is 0 Å². The van der Waals surface area contributed by atoms with E-state index in [0.29, 0.717) is 13.0 Å². The summed E-state index contributed by atoms with van der Waals surface area (Å²) in [6.45, 7) is 8.33. The number of ether oxygens (including phenoxy) is 1. The predicted octanol–water partition coefficient (Wildman–Crippen LogP) is 2.82. The van der Waals surface area contributed by atoms with Crippen molar-refractivity contribution in [3.63, 3.8) is 0 Å². The summed E-state index contributed by atoms with van der Waals surface area (Å²) in [6.07, 6.45) is 0.176. The van der Waals surface area contributed by atoms with Crippen LogP contribution in [-0.2, 0) is 10.3 Å². The zero-order chi connectivity index (χ0) is 15.0. The number of carbonyl (C=O) groups excluding carboxylic acids is 1. The lowest BCUT2D eigenvalue weighted by molar-refractivity contribution is 0.0140. The molecule has 1 amide bonds. The molecule has 1 heterocycles. The number of carbonyl (C=O) groups is 1. The lowest BCUT2D eigenvalue weighted by Gasteiger charge is -2.26. The van der Waals surface area contributed by atoms with Gasteiger partial charge in [0.2, 0.25) is 0 Å². The maximum absolute atomic E-state index is 12.0. The van der Waals surface area contributed by atoms with E-state index in [0.717, 1.165) is 11.1 Å². The van der Waals surface area contributed by atoms with Gasteiger partial charge in [0.25, 0.3) is 0 Å². The van der Waals surface area contributed by atoms with Crippen molar-refractivity contribution in [3.05, 3.63) is 35.4 Å². The van der Waals surface area contributed by atoms with Crippen LogP contribution >= 0.6 is 0 Å². The highest BCUT2D eigenvalue weighted by molar-refractivity contribution is 5.68. The van der Waals surface area contributed by atoms with Crippen molar-refractivity contribution in [1.82, 2.24) is 4.90 Å². The van der Waals surface area contributed by atoms with E-state index < -0.39 is 11.2 Å². The van der Waals surface area contributed by atoms with Gasteiger partial charge in [-0.05, 0) is 39.7 Å². The van der Waals surface area contributed by atoms with Crippen LogP contribution in [0.5, 0.6) is 0 Å². The smallest absolute Gasteiger partial charge is 0.410 e. The number of β-amino-alcohol motifs (C(OH)–C–C–N with tert-alkyl or cyclic N) is 1. The topological polar surface area (TPSA) is 49.8 Å². The minimum Gasteiger partial charge on any atom is -0.444 e. The first kappa shape index (κ1) is 14.9. The van der Waals surface area contributed by atoms with Crippen LogP contribution in [0.25, 0.3) is 0 Å². The van der Waals surface area contributed by atoms with Gasteiger partial charge in [-0.15, -0.1) is 0 Å². The molecule has 1 aromatic rings. The van der Waals surface area contributed by atoms with Crippen molar-refractivity contribution >= 4 is 6.09 Å². The van der Waals surface area contributed by atoms with Gasteiger partial charge in [0.05, 0.1) is 6.54 Å². The summed E-state index contributed by atoms with van der Waals surface area (Å²) in [5, 5.41) is 10.7. The Morgan fingerprint density at radius 3 is 2.45 bits per heavy atom. The number of likely N-dealkylation sites (tertiary alicyclic amines) is 1. The first-order valence-electron chi connectivity index (χ1n) is 6.97. The van der Waals surface area contributed by atoms with Gasteiger partial charge in [-0.1, -0.05) is 29.8 Å². The van der Waals surface area contributed by atoms with E-state index in [2.05, 4.69) is 0 Å². The maximum Gasteiger partial charge on any atom is 0.410 e. The van der Waals surface area contributed by atoms with Crippen molar-refractivity contribution < 1.29 is 14.6 Å². The fourth-order valence-corrected chi connectivity index (χ4v) is 2.38. The number of rotatable bonds is 1. The predicted molar refractivity (Wildman–Crippen MR) is 77.5 cm³/mol. The second kappa shape index (κ2) is 5.09. The normalized spacial score (nSPS) is 22.9. The molecule has 1 atom stereocenters. The Morgan fingerprint density at radius 2 is 1.90 bits per heavy atom. The van der Waals surface area contributed by atoms with Crippen LogP contribution in [0.4, 0.5) is 4.79 Å². The third-order valence-corrected chi connectivity index (χ3v) is 3.49. The highest BCUT2D eigenvalue weighted by Gasteiger charge is 2.40. The highest BCUT2D eigenvalue weighted by atomic mass is 16.6. The molecule has 4 nitrogen and oxygen atoms in total. The van der Waals surface area contributed by atoms with E-state index in [1.807, 2.05) is 52.0 Å². The molecule has 4 heteroatoms. The fourth-order valence-electron chi connectivity index (χ4n) is 2.38. The molecule has 1 fully saturated rings. The molecule has 0 aliphatic carbocycles. The summed E-state index contributed by atoms with van der Waals surface area (Å²) in [5.41, 5.74) is 0.528. The van der Waals surface area contributed by atoms with Crippen molar-refractivity contribution in [2.75, 3.05) is 13.1 Å². The Kier molecular flexibility index (Phi) is 3.78. The summed E-state index contributed by atoms with van der Waals surface area (Å²) < 4.78 is 5.35. The van der Waals surface area contributed by atoms with Crippen LogP contribution in [0.3, 0.4) is 0 Å². The average Bonchev–Trinajstić information content (AvgIpc) is 2.72. The summed E-state index contributed by atoms with van der Waals surface area (Å²) in [6, 6.07) is 7.80. The third kappa shape index (κ3) is 3.31. The minimum absolute atomic E-state index is 0.283. The van der Waals surface area contributed by atoms with Crippen LogP contribution in [-0.4, -0.2) is 34.8 Å². The first-order chi connectivity index (χ1) is 9.20. The van der Waals surface area contributed by atoms with E-state index in [1.165, 1.54) is 0 Å².